The van der Waals surface area contributed by atoms with E-state index < -0.39 is 11.6 Å². The number of benzene rings is 1. The van der Waals surface area contributed by atoms with E-state index in [9.17, 15) is 8.78 Å². The molecule has 0 aliphatic carbocycles. The first kappa shape index (κ1) is 17.0. The van der Waals surface area contributed by atoms with Crippen molar-refractivity contribution in [1.29, 1.82) is 0 Å². The molecule has 0 unspecified atom stereocenters. The fourth-order valence-corrected chi connectivity index (χ4v) is 2.92. The van der Waals surface area contributed by atoms with Gasteiger partial charge in [-0.05, 0) is 30.2 Å². The Kier molecular flexibility index (Phi) is 4.45. The Bertz CT molecular complexity index is 1100. The van der Waals surface area contributed by atoms with Gasteiger partial charge in [0.05, 0.1) is 23.5 Å². The minimum absolute atomic E-state index is 0. The van der Waals surface area contributed by atoms with Crippen LogP contribution in [0.25, 0.3) is 16.9 Å². The number of hydrogen-bond donors (Lipinski definition) is 1. The van der Waals surface area contributed by atoms with Crippen molar-refractivity contribution in [3.8, 4) is 11.3 Å². The van der Waals surface area contributed by atoms with E-state index >= 15 is 0 Å². The molecular weight excluding hydrogens is 350 g/mol. The molecule has 27 heavy (non-hydrogen) atoms. The third-order valence-electron chi connectivity index (χ3n) is 4.30. The van der Waals surface area contributed by atoms with E-state index in [0.29, 0.717) is 29.1 Å². The van der Waals surface area contributed by atoms with E-state index in [2.05, 4.69) is 25.4 Å². The van der Waals surface area contributed by atoms with Crippen LogP contribution in [0.5, 0.6) is 0 Å². The highest BCUT2D eigenvalue weighted by Crippen LogP contribution is 2.26. The molecule has 1 N–H and O–H groups in total. The Morgan fingerprint density at radius 3 is 2.85 bits per heavy atom. The molecule has 0 bridgehead atoms. The highest BCUT2D eigenvalue weighted by molar-refractivity contribution is 5.75. The molecule has 0 saturated carbocycles. The number of halogens is 2. The molecule has 1 atom stereocenters. The Balaban J connectivity index is 0.00000225. The highest BCUT2D eigenvalue weighted by Gasteiger charge is 2.14. The van der Waals surface area contributed by atoms with E-state index in [1.807, 2.05) is 13.1 Å². The van der Waals surface area contributed by atoms with Crippen molar-refractivity contribution in [3.63, 3.8) is 0 Å². The van der Waals surface area contributed by atoms with Gasteiger partial charge in [-0.3, -0.25) is 0 Å². The highest BCUT2D eigenvalue weighted by atomic mass is 19.2. The van der Waals surface area contributed by atoms with E-state index in [-0.39, 0.29) is 7.47 Å². The topological polar surface area (TPSA) is 68.0 Å². The molecule has 0 saturated heterocycles. The second-order valence-corrected chi connectivity index (χ2v) is 6.01. The Hall–Kier alpha value is -3.42. The van der Waals surface area contributed by atoms with Gasteiger partial charge in [0.2, 0.25) is 0 Å². The largest absolute Gasteiger partial charge is 0.363 e. The maximum atomic E-state index is 13.6. The number of nitrogens with one attached hydrogen (secondary N) is 1. The minimum Gasteiger partial charge on any atom is -0.363 e. The van der Waals surface area contributed by atoms with Gasteiger partial charge in [-0.1, -0.05) is 13.0 Å². The molecular formula is C19H18F2N6. The first-order chi connectivity index (χ1) is 13.2. The summed E-state index contributed by atoms with van der Waals surface area (Å²) < 4.78 is 28.4. The maximum absolute atomic E-state index is 13.6. The van der Waals surface area contributed by atoms with Crippen LogP contribution >= 0.6 is 0 Å². The van der Waals surface area contributed by atoms with Gasteiger partial charge in [0, 0.05) is 19.9 Å². The molecule has 6 nitrogen and oxygen atoms in total. The second kappa shape index (κ2) is 7.06. The van der Waals surface area contributed by atoms with Crippen LogP contribution in [0.3, 0.4) is 0 Å². The van der Waals surface area contributed by atoms with Crippen molar-refractivity contribution in [2.75, 3.05) is 5.32 Å². The van der Waals surface area contributed by atoms with Crippen molar-refractivity contribution in [2.24, 2.45) is 0 Å². The average molecular weight is 368 g/mol. The van der Waals surface area contributed by atoms with Crippen LogP contribution in [-0.2, 0) is 0 Å². The van der Waals surface area contributed by atoms with Crippen LogP contribution in [0.2, 0.25) is 0 Å². The number of rotatable bonds is 5. The van der Waals surface area contributed by atoms with E-state index in [4.69, 9.17) is 0 Å². The van der Waals surface area contributed by atoms with Crippen LogP contribution in [0, 0.1) is 11.6 Å². The number of aromatic nitrogens is 5. The summed E-state index contributed by atoms with van der Waals surface area (Å²) in [7, 11) is 0. The van der Waals surface area contributed by atoms with Crippen LogP contribution in [-0.4, -0.2) is 24.6 Å². The molecule has 1 aromatic carbocycles. The smallest absolute Gasteiger partial charge is 0.164 e. The molecule has 0 aliphatic rings. The van der Waals surface area contributed by atoms with Crippen LogP contribution < -0.4 is 5.32 Å². The van der Waals surface area contributed by atoms with E-state index in [1.165, 1.54) is 12.4 Å². The first-order valence-corrected chi connectivity index (χ1v) is 8.48. The molecule has 4 rings (SSSR count). The second-order valence-electron chi connectivity index (χ2n) is 6.01. The molecule has 3 aromatic heterocycles. The molecule has 3 heterocycles. The number of anilines is 1. The Labute approximate surface area is 155 Å². The maximum Gasteiger partial charge on any atom is 0.164 e. The van der Waals surface area contributed by atoms with Gasteiger partial charge in [0.25, 0.3) is 0 Å². The molecule has 0 fully saturated rings. The van der Waals surface area contributed by atoms with Gasteiger partial charge in [0.1, 0.15) is 12.1 Å². The fraction of sp³-hybridized carbons (Fsp3) is 0.158. The lowest BCUT2D eigenvalue weighted by atomic mass is 10.0. The zero-order chi connectivity index (χ0) is 18.8. The lowest BCUT2D eigenvalue weighted by molar-refractivity contribution is 0.505. The summed E-state index contributed by atoms with van der Waals surface area (Å²) in [5.74, 6) is -1.15. The molecule has 4 aromatic rings. The lowest BCUT2D eigenvalue weighted by Gasteiger charge is -2.18. The molecule has 8 heteroatoms. The van der Waals surface area contributed by atoms with Crippen molar-refractivity contribution in [3.05, 3.63) is 72.4 Å². The summed E-state index contributed by atoms with van der Waals surface area (Å²) in [6.45, 7) is 1.95. The predicted octanol–water partition coefficient (Wildman–Crippen LogP) is 4.27. The van der Waals surface area contributed by atoms with Crippen LogP contribution in [0.1, 0.15) is 26.4 Å². The average Bonchev–Trinajstić information content (AvgIpc) is 3.13. The summed E-state index contributed by atoms with van der Waals surface area (Å²) in [5.41, 5.74) is 2.78. The lowest BCUT2D eigenvalue weighted by Crippen LogP contribution is -2.11. The van der Waals surface area contributed by atoms with Gasteiger partial charge in [0.15, 0.2) is 17.3 Å². The van der Waals surface area contributed by atoms with Gasteiger partial charge in [-0.25, -0.2) is 28.2 Å². The summed E-state index contributed by atoms with van der Waals surface area (Å²) in [6, 6.07) is 7.26. The number of fused-ring (bicyclic) bond motifs is 1. The zero-order valence-electron chi connectivity index (χ0n) is 14.5. The fourth-order valence-electron chi connectivity index (χ4n) is 2.92. The van der Waals surface area contributed by atoms with Gasteiger partial charge < -0.3 is 5.32 Å². The Morgan fingerprint density at radius 1 is 1.15 bits per heavy atom. The predicted molar refractivity (Wildman–Crippen MR) is 99.1 cm³/mol. The van der Waals surface area contributed by atoms with E-state index in [1.54, 1.807) is 35.1 Å². The van der Waals surface area contributed by atoms with Crippen LogP contribution in [0.15, 0.2) is 55.2 Å². The minimum atomic E-state index is -0.867. The van der Waals surface area contributed by atoms with Gasteiger partial charge in [-0.15, -0.1) is 0 Å². The molecule has 138 valence electrons. The van der Waals surface area contributed by atoms with Crippen molar-refractivity contribution in [1.82, 2.24) is 24.6 Å². The first-order valence-electron chi connectivity index (χ1n) is 8.48. The standard InChI is InChI=1S/C19H16F2N6.H2/c1-2-16(12-4-5-14(20)15(21)8-12)26-18-9-17(23-11-24-18)13-10-25-27-7-3-6-22-19(13)27;/h3-11,16H,2H2,1H3,(H,23,24,26);1H/t16-;/m0./s1. The monoisotopic (exact) mass is 368 g/mol. The zero-order valence-corrected chi connectivity index (χ0v) is 14.5. The molecule has 0 spiro atoms. The SMILES string of the molecule is CC[C@H](Nc1cc(-c2cnn3cccnc23)ncn1)c1ccc(F)c(F)c1.[HH]. The van der Waals surface area contributed by atoms with Crippen molar-refractivity contribution in [2.45, 2.75) is 19.4 Å². The van der Waals surface area contributed by atoms with Gasteiger partial charge in [-0.2, -0.15) is 5.10 Å². The number of nitrogens with zero attached hydrogens (tertiary/aromatic N) is 5. The molecule has 0 amide bonds. The van der Waals surface area contributed by atoms with Crippen molar-refractivity contribution >= 4 is 11.5 Å². The summed E-state index contributed by atoms with van der Waals surface area (Å²) in [5, 5.41) is 7.52. The quantitative estimate of drug-likeness (QED) is 0.570. The van der Waals surface area contributed by atoms with Crippen LogP contribution in [0.4, 0.5) is 14.6 Å². The Morgan fingerprint density at radius 2 is 2.04 bits per heavy atom. The third-order valence-corrected chi connectivity index (χ3v) is 4.30. The molecule has 0 aliphatic heterocycles. The molecule has 0 radical (unpaired) electrons. The van der Waals surface area contributed by atoms with Gasteiger partial charge >= 0.3 is 0 Å². The summed E-state index contributed by atoms with van der Waals surface area (Å²) >= 11 is 0. The number of hydrogen-bond acceptors (Lipinski definition) is 5. The summed E-state index contributed by atoms with van der Waals surface area (Å²) in [6.07, 6.45) is 7.31. The van der Waals surface area contributed by atoms with E-state index in [0.717, 1.165) is 11.6 Å². The van der Waals surface area contributed by atoms with Crippen molar-refractivity contribution < 1.29 is 10.2 Å². The third kappa shape index (κ3) is 3.33. The summed E-state index contributed by atoms with van der Waals surface area (Å²) in [4.78, 5) is 12.9. The normalized spacial score (nSPS) is 12.3.